The molecule has 0 fully saturated rings. The number of rotatable bonds is 2. The van der Waals surface area contributed by atoms with E-state index in [4.69, 9.17) is 5.26 Å². The molecule has 1 aromatic rings. The SMILES string of the molecule is CC1C(C(F)(F)F)=NN(c2ccc(Br)cc2)C1CC#N. The van der Waals surface area contributed by atoms with Gasteiger partial charge in [0.15, 0.2) is 0 Å². The van der Waals surface area contributed by atoms with Crippen LogP contribution < -0.4 is 5.01 Å². The van der Waals surface area contributed by atoms with E-state index >= 15 is 0 Å². The average Bonchev–Trinajstić information content (AvgIpc) is 2.69. The van der Waals surface area contributed by atoms with Gasteiger partial charge in [-0.25, -0.2) is 0 Å². The lowest BCUT2D eigenvalue weighted by Gasteiger charge is -2.24. The van der Waals surface area contributed by atoms with Crippen LogP contribution >= 0.6 is 15.9 Å². The summed E-state index contributed by atoms with van der Waals surface area (Å²) in [6.07, 6.45) is -4.49. The Kier molecular flexibility index (Phi) is 4.04. The summed E-state index contributed by atoms with van der Waals surface area (Å²) in [5.41, 5.74) is -0.291. The van der Waals surface area contributed by atoms with Crippen LogP contribution in [-0.2, 0) is 0 Å². The molecular formula is C13H11BrF3N3. The number of anilines is 1. The van der Waals surface area contributed by atoms with Crippen molar-refractivity contribution in [2.24, 2.45) is 11.0 Å². The predicted octanol–water partition coefficient (Wildman–Crippen LogP) is 4.11. The number of alkyl halides is 3. The molecule has 0 radical (unpaired) electrons. The van der Waals surface area contributed by atoms with E-state index in [0.717, 1.165) is 4.47 Å². The molecule has 1 aromatic carbocycles. The molecule has 7 heteroatoms. The van der Waals surface area contributed by atoms with Gasteiger partial charge in [0.1, 0.15) is 5.71 Å². The van der Waals surface area contributed by atoms with E-state index in [2.05, 4.69) is 21.0 Å². The van der Waals surface area contributed by atoms with E-state index in [9.17, 15) is 13.2 Å². The number of hydrogen-bond donors (Lipinski definition) is 0. The third-order valence-electron chi connectivity index (χ3n) is 3.22. The molecule has 0 saturated carbocycles. The van der Waals surface area contributed by atoms with Crippen molar-refractivity contribution in [2.75, 3.05) is 5.01 Å². The van der Waals surface area contributed by atoms with Gasteiger partial charge in [0.05, 0.1) is 24.2 Å². The Bertz CT molecular complexity index is 560. The van der Waals surface area contributed by atoms with Gasteiger partial charge in [-0.1, -0.05) is 22.9 Å². The highest BCUT2D eigenvalue weighted by Gasteiger charge is 2.48. The van der Waals surface area contributed by atoms with E-state index < -0.39 is 23.8 Å². The lowest BCUT2D eigenvalue weighted by molar-refractivity contribution is -0.0620. The first-order chi connectivity index (χ1) is 9.34. The Balaban J connectivity index is 2.40. The molecule has 0 bridgehead atoms. The van der Waals surface area contributed by atoms with E-state index in [1.807, 2.05) is 6.07 Å². The van der Waals surface area contributed by atoms with Crippen LogP contribution in [0.2, 0.25) is 0 Å². The zero-order chi connectivity index (χ0) is 14.9. The van der Waals surface area contributed by atoms with Gasteiger partial charge < -0.3 is 0 Å². The molecule has 0 spiro atoms. The number of benzene rings is 1. The fraction of sp³-hybridized carbons (Fsp3) is 0.385. The molecule has 2 rings (SSSR count). The molecule has 106 valence electrons. The van der Waals surface area contributed by atoms with Gasteiger partial charge in [-0.05, 0) is 24.3 Å². The molecule has 0 amide bonds. The Morgan fingerprint density at radius 1 is 1.35 bits per heavy atom. The second-order valence-corrected chi connectivity index (χ2v) is 5.44. The molecule has 2 atom stereocenters. The molecule has 2 unspecified atom stereocenters. The summed E-state index contributed by atoms with van der Waals surface area (Å²) in [5.74, 6) is -0.835. The number of nitriles is 1. The van der Waals surface area contributed by atoms with Crippen LogP contribution in [0.4, 0.5) is 18.9 Å². The highest BCUT2D eigenvalue weighted by molar-refractivity contribution is 9.10. The lowest BCUT2D eigenvalue weighted by atomic mass is 9.95. The highest BCUT2D eigenvalue weighted by atomic mass is 79.9. The molecule has 0 aliphatic carbocycles. The number of hydrogen-bond acceptors (Lipinski definition) is 3. The van der Waals surface area contributed by atoms with Gasteiger partial charge in [-0.3, -0.25) is 5.01 Å². The number of halogens is 4. The molecule has 0 saturated heterocycles. The summed E-state index contributed by atoms with van der Waals surface area (Å²) in [6.45, 7) is 1.45. The van der Waals surface area contributed by atoms with Gasteiger partial charge in [-0.15, -0.1) is 0 Å². The van der Waals surface area contributed by atoms with Gasteiger partial charge in [0.25, 0.3) is 0 Å². The molecular weight excluding hydrogens is 335 g/mol. The van der Waals surface area contributed by atoms with Crippen molar-refractivity contribution in [1.82, 2.24) is 0 Å². The molecule has 20 heavy (non-hydrogen) atoms. The Hall–Kier alpha value is -1.55. The van der Waals surface area contributed by atoms with Crippen LogP contribution in [0.25, 0.3) is 0 Å². The van der Waals surface area contributed by atoms with Crippen LogP contribution in [0.15, 0.2) is 33.8 Å². The van der Waals surface area contributed by atoms with Crippen molar-refractivity contribution < 1.29 is 13.2 Å². The summed E-state index contributed by atoms with van der Waals surface area (Å²) < 4.78 is 39.6. The van der Waals surface area contributed by atoms with Crippen LogP contribution in [0.5, 0.6) is 0 Å². The third kappa shape index (κ3) is 2.80. The molecule has 1 aliphatic rings. The van der Waals surface area contributed by atoms with E-state index in [1.165, 1.54) is 11.9 Å². The normalized spacial score (nSPS) is 22.6. The maximum absolute atomic E-state index is 12.9. The largest absolute Gasteiger partial charge is 0.431 e. The van der Waals surface area contributed by atoms with Crippen molar-refractivity contribution in [2.45, 2.75) is 25.6 Å². The van der Waals surface area contributed by atoms with E-state index in [0.29, 0.717) is 5.69 Å². The minimum Gasteiger partial charge on any atom is -0.261 e. The molecule has 0 aromatic heterocycles. The van der Waals surface area contributed by atoms with Crippen molar-refractivity contribution in [3.8, 4) is 6.07 Å². The Labute approximate surface area is 122 Å². The maximum Gasteiger partial charge on any atom is 0.431 e. The fourth-order valence-electron chi connectivity index (χ4n) is 2.19. The van der Waals surface area contributed by atoms with Gasteiger partial charge >= 0.3 is 6.18 Å². The zero-order valence-electron chi connectivity index (χ0n) is 10.5. The van der Waals surface area contributed by atoms with Crippen molar-refractivity contribution in [3.05, 3.63) is 28.7 Å². The van der Waals surface area contributed by atoms with Crippen molar-refractivity contribution >= 4 is 27.3 Å². The first-order valence-electron chi connectivity index (χ1n) is 5.92. The lowest BCUT2D eigenvalue weighted by Crippen LogP contribution is -2.35. The first-order valence-corrected chi connectivity index (χ1v) is 6.71. The van der Waals surface area contributed by atoms with Crippen molar-refractivity contribution in [1.29, 1.82) is 5.26 Å². The minimum absolute atomic E-state index is 0.0136. The second kappa shape index (κ2) is 5.44. The van der Waals surface area contributed by atoms with Crippen LogP contribution in [0, 0.1) is 17.2 Å². The number of hydrazone groups is 1. The van der Waals surface area contributed by atoms with Crippen LogP contribution in [0.3, 0.4) is 0 Å². The highest BCUT2D eigenvalue weighted by Crippen LogP contribution is 2.36. The van der Waals surface area contributed by atoms with E-state index in [1.54, 1.807) is 24.3 Å². The quantitative estimate of drug-likeness (QED) is 0.809. The molecule has 3 nitrogen and oxygen atoms in total. The van der Waals surface area contributed by atoms with Crippen LogP contribution in [0.1, 0.15) is 13.3 Å². The average molecular weight is 346 g/mol. The second-order valence-electron chi connectivity index (χ2n) is 4.52. The summed E-state index contributed by atoms with van der Waals surface area (Å²) in [6, 6.07) is 8.13. The zero-order valence-corrected chi connectivity index (χ0v) is 12.1. The van der Waals surface area contributed by atoms with E-state index in [-0.39, 0.29) is 6.42 Å². The van der Waals surface area contributed by atoms with Crippen molar-refractivity contribution in [3.63, 3.8) is 0 Å². The molecule has 1 aliphatic heterocycles. The Morgan fingerprint density at radius 3 is 2.45 bits per heavy atom. The van der Waals surface area contributed by atoms with Crippen LogP contribution in [-0.4, -0.2) is 17.9 Å². The van der Waals surface area contributed by atoms with Gasteiger partial charge in [0.2, 0.25) is 0 Å². The summed E-state index contributed by atoms with van der Waals surface area (Å²) >= 11 is 3.27. The van der Waals surface area contributed by atoms with Gasteiger partial charge in [0, 0.05) is 10.4 Å². The summed E-state index contributed by atoms with van der Waals surface area (Å²) in [5, 5.41) is 13.8. The van der Waals surface area contributed by atoms with Gasteiger partial charge in [-0.2, -0.15) is 23.5 Å². The minimum atomic E-state index is -4.47. The third-order valence-corrected chi connectivity index (χ3v) is 3.75. The molecule has 1 heterocycles. The first kappa shape index (κ1) is 14.9. The number of nitrogens with zero attached hydrogens (tertiary/aromatic N) is 3. The Morgan fingerprint density at radius 2 is 1.95 bits per heavy atom. The summed E-state index contributed by atoms with van der Waals surface area (Å²) in [4.78, 5) is 0. The molecule has 0 N–H and O–H groups in total. The summed E-state index contributed by atoms with van der Waals surface area (Å²) in [7, 11) is 0. The topological polar surface area (TPSA) is 39.4 Å². The predicted molar refractivity (Wildman–Crippen MR) is 73.3 cm³/mol. The standard InChI is InChI=1S/C13H11BrF3N3/c1-8-11(6-7-18)20(19-12(8)13(15,16)17)10-4-2-9(14)3-5-10/h2-5,8,11H,6H2,1H3. The monoisotopic (exact) mass is 345 g/mol. The maximum atomic E-state index is 12.9. The smallest absolute Gasteiger partial charge is 0.261 e. The fourth-order valence-corrected chi connectivity index (χ4v) is 2.45.